The topological polar surface area (TPSA) is 155 Å². The second-order valence-electron chi connectivity index (χ2n) is 7.50. The van der Waals surface area contributed by atoms with E-state index >= 15 is 0 Å². The van der Waals surface area contributed by atoms with E-state index in [2.05, 4.69) is 4.98 Å². The van der Waals surface area contributed by atoms with Crippen molar-refractivity contribution in [1.29, 1.82) is 0 Å². The van der Waals surface area contributed by atoms with Gasteiger partial charge in [-0.2, -0.15) is 4.98 Å². The van der Waals surface area contributed by atoms with E-state index in [4.69, 9.17) is 24.2 Å². The van der Waals surface area contributed by atoms with Crippen molar-refractivity contribution in [3.05, 3.63) is 34.9 Å². The number of carbonyl (C=O) groups is 3. The van der Waals surface area contributed by atoms with Crippen molar-refractivity contribution in [3.8, 4) is 0 Å². The maximum Gasteiger partial charge on any atom is 0.351 e. The smallest absolute Gasteiger partial charge is 0.351 e. The minimum absolute atomic E-state index is 0.0960. The highest BCUT2D eigenvalue weighted by Gasteiger charge is 2.51. The minimum Gasteiger partial charge on any atom is -0.463 e. The molecule has 0 aromatic carbocycles. The number of anilines is 1. The van der Waals surface area contributed by atoms with E-state index in [0.717, 1.165) is 36.0 Å². The van der Waals surface area contributed by atoms with Crippen LogP contribution in [0, 0.1) is 5.92 Å². The Labute approximate surface area is 175 Å². The standard InChI is InChI=1S/C19H21N3O9/c23-13-4-5-14(24)31-17-16(30-13)11(9-28-15(25)8-10-2-1-3-10)29-18(17)22-7-6-12(21-27)20-19(22)26/h4-7,10-11,16-18,27H,1-3,8-9H2,(H,20,21,26)/b5-4-/t11-,16?,17-,18-/m1/s1. The summed E-state index contributed by atoms with van der Waals surface area (Å²) in [6.45, 7) is -0.254. The molecule has 0 bridgehead atoms. The van der Waals surface area contributed by atoms with Crippen molar-refractivity contribution in [2.45, 2.75) is 50.2 Å². The molecule has 2 aliphatic heterocycles. The molecule has 1 saturated carbocycles. The fourth-order valence-electron chi connectivity index (χ4n) is 3.65. The second-order valence-corrected chi connectivity index (χ2v) is 7.50. The Hall–Kier alpha value is -3.25. The van der Waals surface area contributed by atoms with E-state index in [1.807, 2.05) is 0 Å². The molecule has 31 heavy (non-hydrogen) atoms. The number of ether oxygens (including phenoxy) is 4. The maximum atomic E-state index is 12.4. The van der Waals surface area contributed by atoms with Gasteiger partial charge in [0.15, 0.2) is 24.3 Å². The number of hydrogen-bond acceptors (Lipinski definition) is 11. The van der Waals surface area contributed by atoms with Crippen molar-refractivity contribution in [2.75, 3.05) is 12.1 Å². The van der Waals surface area contributed by atoms with Crippen LogP contribution in [-0.2, 0) is 33.3 Å². The van der Waals surface area contributed by atoms with E-state index < -0.39 is 48.1 Å². The molecule has 12 nitrogen and oxygen atoms in total. The largest absolute Gasteiger partial charge is 0.463 e. The second kappa shape index (κ2) is 8.86. The molecular weight excluding hydrogens is 414 g/mol. The number of aromatic nitrogens is 2. The average molecular weight is 435 g/mol. The van der Waals surface area contributed by atoms with Crippen LogP contribution in [0.1, 0.15) is 31.9 Å². The van der Waals surface area contributed by atoms with E-state index in [9.17, 15) is 19.2 Å². The van der Waals surface area contributed by atoms with Gasteiger partial charge in [-0.15, -0.1) is 0 Å². The van der Waals surface area contributed by atoms with E-state index in [-0.39, 0.29) is 12.4 Å². The van der Waals surface area contributed by atoms with Crippen LogP contribution in [0.2, 0.25) is 0 Å². The van der Waals surface area contributed by atoms with Gasteiger partial charge in [0.25, 0.3) is 0 Å². The molecule has 4 atom stereocenters. The van der Waals surface area contributed by atoms with Crippen LogP contribution in [0.15, 0.2) is 29.2 Å². The number of carbonyl (C=O) groups excluding carboxylic acids is 3. The normalized spacial score (nSPS) is 28.9. The molecule has 1 aromatic heterocycles. The van der Waals surface area contributed by atoms with Gasteiger partial charge in [-0.1, -0.05) is 6.42 Å². The average Bonchev–Trinajstić information content (AvgIpc) is 3.02. The summed E-state index contributed by atoms with van der Waals surface area (Å²) < 4.78 is 22.9. The van der Waals surface area contributed by atoms with Gasteiger partial charge in [-0.05, 0) is 24.8 Å². The monoisotopic (exact) mass is 435 g/mol. The maximum absolute atomic E-state index is 12.4. The molecule has 3 aliphatic rings. The number of nitrogens with zero attached hydrogens (tertiary/aromatic N) is 2. The first-order valence-corrected chi connectivity index (χ1v) is 9.84. The number of rotatable bonds is 6. The Balaban J connectivity index is 1.56. The van der Waals surface area contributed by atoms with Crippen molar-refractivity contribution < 1.29 is 38.5 Å². The fraction of sp³-hybridized carbons (Fsp3) is 0.526. The van der Waals surface area contributed by atoms with Crippen LogP contribution < -0.4 is 11.2 Å². The fourth-order valence-corrected chi connectivity index (χ4v) is 3.65. The van der Waals surface area contributed by atoms with Crippen molar-refractivity contribution >= 4 is 23.7 Å². The molecule has 1 aromatic rings. The number of hydrogen-bond donors (Lipinski definition) is 2. The van der Waals surface area contributed by atoms with Crippen LogP contribution >= 0.6 is 0 Å². The molecule has 4 rings (SSSR count). The first-order chi connectivity index (χ1) is 14.9. The van der Waals surface area contributed by atoms with Crippen LogP contribution in [-0.4, -0.2) is 57.6 Å². The summed E-state index contributed by atoms with van der Waals surface area (Å²) >= 11 is 0. The third-order valence-corrected chi connectivity index (χ3v) is 5.45. The quantitative estimate of drug-likeness (QED) is 0.354. The lowest BCUT2D eigenvalue weighted by Crippen LogP contribution is -2.43. The Morgan fingerprint density at radius 3 is 2.52 bits per heavy atom. The molecule has 2 fully saturated rings. The summed E-state index contributed by atoms with van der Waals surface area (Å²) in [6, 6.07) is 1.29. The highest BCUT2D eigenvalue weighted by atomic mass is 16.7. The van der Waals surface area contributed by atoms with Gasteiger partial charge in [0, 0.05) is 24.8 Å². The van der Waals surface area contributed by atoms with Crippen molar-refractivity contribution in [1.82, 2.24) is 9.55 Å². The molecule has 12 heteroatoms. The third-order valence-electron chi connectivity index (χ3n) is 5.45. The lowest BCUT2D eigenvalue weighted by Gasteiger charge is -2.26. The minimum atomic E-state index is -1.20. The SMILES string of the molecule is O=C1/C=C\C(=O)O[C@@H]2C(O1)[C@@H](COC(=O)CC1CCC1)O[C@H]2n1ccc(NO)nc1=O. The Bertz CT molecular complexity index is 955. The molecule has 0 amide bonds. The van der Waals surface area contributed by atoms with Gasteiger partial charge in [0.1, 0.15) is 12.7 Å². The molecule has 166 valence electrons. The predicted molar refractivity (Wildman–Crippen MR) is 99.6 cm³/mol. The molecule has 0 radical (unpaired) electrons. The van der Waals surface area contributed by atoms with E-state index in [1.165, 1.54) is 12.3 Å². The van der Waals surface area contributed by atoms with Crippen LogP contribution in [0.3, 0.4) is 0 Å². The zero-order valence-corrected chi connectivity index (χ0v) is 16.3. The first kappa shape index (κ1) is 21.0. The summed E-state index contributed by atoms with van der Waals surface area (Å²) in [5, 5.41) is 8.91. The third kappa shape index (κ3) is 4.59. The summed E-state index contributed by atoms with van der Waals surface area (Å²) in [5.74, 6) is -1.81. The van der Waals surface area contributed by atoms with Gasteiger partial charge >= 0.3 is 23.6 Å². The van der Waals surface area contributed by atoms with E-state index in [0.29, 0.717) is 12.3 Å². The van der Waals surface area contributed by atoms with Crippen LogP contribution in [0.5, 0.6) is 0 Å². The lowest BCUT2D eigenvalue weighted by atomic mass is 9.83. The zero-order chi connectivity index (χ0) is 22.0. The molecule has 1 saturated heterocycles. The summed E-state index contributed by atoms with van der Waals surface area (Å²) in [5.41, 5.74) is 0.939. The molecule has 2 N–H and O–H groups in total. The summed E-state index contributed by atoms with van der Waals surface area (Å²) in [6.07, 6.45) is 1.95. The number of fused-ring (bicyclic) bond motifs is 1. The zero-order valence-electron chi connectivity index (χ0n) is 16.3. The first-order valence-electron chi connectivity index (χ1n) is 9.84. The highest BCUT2D eigenvalue weighted by Crippen LogP contribution is 2.35. The molecule has 1 unspecified atom stereocenters. The molecule has 3 heterocycles. The van der Waals surface area contributed by atoms with E-state index in [1.54, 1.807) is 5.48 Å². The highest BCUT2D eigenvalue weighted by molar-refractivity contribution is 5.92. The molecule has 1 aliphatic carbocycles. The summed E-state index contributed by atoms with van der Waals surface area (Å²) in [4.78, 5) is 52.1. The van der Waals surface area contributed by atoms with Crippen LogP contribution in [0.25, 0.3) is 0 Å². The van der Waals surface area contributed by atoms with Crippen molar-refractivity contribution in [2.24, 2.45) is 5.92 Å². The molecular formula is C19H21N3O9. The molecule has 0 spiro atoms. The van der Waals surface area contributed by atoms with Gasteiger partial charge in [-0.3, -0.25) is 20.0 Å². The van der Waals surface area contributed by atoms with Crippen molar-refractivity contribution in [3.63, 3.8) is 0 Å². The summed E-state index contributed by atoms with van der Waals surface area (Å²) in [7, 11) is 0. The van der Waals surface area contributed by atoms with Gasteiger partial charge in [0.2, 0.25) is 0 Å². The Morgan fingerprint density at radius 2 is 1.90 bits per heavy atom. The van der Waals surface area contributed by atoms with Gasteiger partial charge in [-0.25, -0.2) is 14.4 Å². The lowest BCUT2D eigenvalue weighted by molar-refractivity contribution is -0.165. The Morgan fingerprint density at radius 1 is 1.19 bits per heavy atom. The van der Waals surface area contributed by atoms with Gasteiger partial charge < -0.3 is 18.9 Å². The predicted octanol–water partition coefficient (Wildman–Crippen LogP) is 0.0686. The Kier molecular flexibility index (Phi) is 6.00. The number of nitrogens with one attached hydrogen (secondary N) is 1. The van der Waals surface area contributed by atoms with Gasteiger partial charge in [0.05, 0.1) is 0 Å². The number of esters is 3. The van der Waals surface area contributed by atoms with Crippen LogP contribution in [0.4, 0.5) is 5.82 Å².